The largest absolute Gasteiger partial charge is 0.322 e. The summed E-state index contributed by atoms with van der Waals surface area (Å²) in [4.78, 5) is 13.7. The summed E-state index contributed by atoms with van der Waals surface area (Å²) in [6, 6.07) is 8.23. The molecule has 1 amide bonds. The third-order valence-corrected chi connectivity index (χ3v) is 3.26. The molecule has 0 aliphatic carbocycles. The van der Waals surface area contributed by atoms with E-state index in [1.54, 1.807) is 4.90 Å². The molecule has 19 heavy (non-hydrogen) atoms. The number of carbonyl (C=O) groups excluding carboxylic acids is 1. The fourth-order valence-corrected chi connectivity index (χ4v) is 1.97. The molecule has 0 heterocycles. The molecule has 0 saturated carbocycles. The number of nitrogens with two attached hydrogens (primary N) is 1. The van der Waals surface area contributed by atoms with Gasteiger partial charge in [0.2, 0.25) is 5.91 Å². The van der Waals surface area contributed by atoms with Gasteiger partial charge in [0.25, 0.3) is 0 Å². The van der Waals surface area contributed by atoms with Crippen molar-refractivity contribution in [2.75, 3.05) is 18.0 Å². The number of hydrogen-bond donors (Lipinski definition) is 1. The Hall–Kier alpha value is -1.35. The lowest BCUT2D eigenvalue weighted by Gasteiger charge is -2.24. The number of anilines is 1. The molecule has 0 aromatic heterocycles. The SMILES string of the molecule is CCCCN(C(=O)CN)c1ccc(C(C)(C)C)cc1. The van der Waals surface area contributed by atoms with Crippen molar-refractivity contribution in [2.45, 2.75) is 46.0 Å². The topological polar surface area (TPSA) is 46.3 Å². The van der Waals surface area contributed by atoms with Crippen molar-refractivity contribution in [1.82, 2.24) is 0 Å². The van der Waals surface area contributed by atoms with Crippen LogP contribution in [0, 0.1) is 0 Å². The zero-order valence-corrected chi connectivity index (χ0v) is 12.6. The Balaban J connectivity index is 2.93. The Morgan fingerprint density at radius 3 is 2.21 bits per heavy atom. The van der Waals surface area contributed by atoms with Gasteiger partial charge in [-0.2, -0.15) is 0 Å². The van der Waals surface area contributed by atoms with Gasteiger partial charge in [-0.15, -0.1) is 0 Å². The molecule has 3 nitrogen and oxygen atoms in total. The van der Waals surface area contributed by atoms with Gasteiger partial charge >= 0.3 is 0 Å². The van der Waals surface area contributed by atoms with Crippen molar-refractivity contribution >= 4 is 11.6 Å². The first-order chi connectivity index (χ1) is 8.90. The summed E-state index contributed by atoms with van der Waals surface area (Å²) >= 11 is 0. The van der Waals surface area contributed by atoms with E-state index in [2.05, 4.69) is 39.8 Å². The molecular weight excluding hydrogens is 236 g/mol. The Bertz CT molecular complexity index is 404. The van der Waals surface area contributed by atoms with Crippen LogP contribution < -0.4 is 10.6 Å². The Kier molecular flexibility index (Phi) is 5.55. The van der Waals surface area contributed by atoms with Gasteiger partial charge in [-0.25, -0.2) is 0 Å². The molecule has 0 bridgehead atoms. The van der Waals surface area contributed by atoms with Crippen molar-refractivity contribution in [1.29, 1.82) is 0 Å². The van der Waals surface area contributed by atoms with Crippen molar-refractivity contribution < 1.29 is 4.79 Å². The summed E-state index contributed by atoms with van der Waals surface area (Å²) in [6.07, 6.45) is 2.06. The predicted octanol–water partition coefficient (Wildman–Crippen LogP) is 3.08. The van der Waals surface area contributed by atoms with Crippen molar-refractivity contribution in [2.24, 2.45) is 5.73 Å². The van der Waals surface area contributed by atoms with Crippen LogP contribution in [0.2, 0.25) is 0 Å². The minimum absolute atomic E-state index is 0.0167. The number of benzene rings is 1. The third kappa shape index (κ3) is 4.35. The van der Waals surface area contributed by atoms with Gasteiger partial charge < -0.3 is 10.6 Å². The lowest BCUT2D eigenvalue weighted by molar-refractivity contribution is -0.117. The van der Waals surface area contributed by atoms with E-state index in [1.807, 2.05) is 12.1 Å². The highest BCUT2D eigenvalue weighted by molar-refractivity contribution is 5.94. The minimum atomic E-state index is -0.0167. The van der Waals surface area contributed by atoms with Gasteiger partial charge in [-0.05, 0) is 29.5 Å². The van der Waals surface area contributed by atoms with Gasteiger partial charge in [0.15, 0.2) is 0 Å². The molecule has 0 aliphatic heterocycles. The normalized spacial score (nSPS) is 11.4. The smallest absolute Gasteiger partial charge is 0.240 e. The maximum Gasteiger partial charge on any atom is 0.240 e. The average molecular weight is 262 g/mol. The number of nitrogens with zero attached hydrogens (tertiary/aromatic N) is 1. The number of amides is 1. The van der Waals surface area contributed by atoms with Gasteiger partial charge in [0.1, 0.15) is 0 Å². The summed E-state index contributed by atoms with van der Waals surface area (Å²) in [7, 11) is 0. The van der Waals surface area contributed by atoms with Crippen molar-refractivity contribution in [3.05, 3.63) is 29.8 Å². The Morgan fingerprint density at radius 1 is 1.21 bits per heavy atom. The third-order valence-electron chi connectivity index (χ3n) is 3.26. The lowest BCUT2D eigenvalue weighted by atomic mass is 9.87. The second-order valence-corrected chi connectivity index (χ2v) is 5.90. The highest BCUT2D eigenvalue weighted by Gasteiger charge is 2.16. The van der Waals surface area contributed by atoms with Gasteiger partial charge in [-0.3, -0.25) is 4.79 Å². The van der Waals surface area contributed by atoms with Crippen LogP contribution in [0.4, 0.5) is 5.69 Å². The van der Waals surface area contributed by atoms with E-state index in [0.29, 0.717) is 0 Å². The molecule has 106 valence electrons. The summed E-state index contributed by atoms with van der Waals surface area (Å²) in [5.74, 6) is -0.0167. The van der Waals surface area contributed by atoms with E-state index in [9.17, 15) is 4.79 Å². The number of carbonyl (C=O) groups is 1. The van der Waals surface area contributed by atoms with Crippen LogP contribution in [0.1, 0.15) is 46.1 Å². The van der Waals surface area contributed by atoms with Crippen molar-refractivity contribution in [3.8, 4) is 0 Å². The first-order valence-corrected chi connectivity index (χ1v) is 7.01. The number of rotatable bonds is 5. The van der Waals surface area contributed by atoms with Gasteiger partial charge in [0, 0.05) is 12.2 Å². The maximum atomic E-state index is 11.9. The fraction of sp³-hybridized carbons (Fsp3) is 0.562. The van der Waals surface area contributed by atoms with E-state index < -0.39 is 0 Å². The maximum absolute atomic E-state index is 11.9. The first kappa shape index (κ1) is 15.7. The molecule has 0 atom stereocenters. The molecule has 1 aromatic rings. The molecule has 0 radical (unpaired) electrons. The van der Waals surface area contributed by atoms with E-state index in [0.717, 1.165) is 25.1 Å². The quantitative estimate of drug-likeness (QED) is 0.886. The summed E-state index contributed by atoms with van der Waals surface area (Å²) in [5.41, 5.74) is 7.83. The molecule has 0 spiro atoms. The molecular formula is C16H26N2O. The Morgan fingerprint density at radius 2 is 1.79 bits per heavy atom. The molecule has 2 N–H and O–H groups in total. The van der Waals surface area contributed by atoms with E-state index >= 15 is 0 Å². The van der Waals surface area contributed by atoms with Crippen LogP contribution in [0.15, 0.2) is 24.3 Å². The summed E-state index contributed by atoms with van der Waals surface area (Å²) < 4.78 is 0. The van der Waals surface area contributed by atoms with E-state index in [1.165, 1.54) is 5.56 Å². The first-order valence-electron chi connectivity index (χ1n) is 7.01. The number of unbranched alkanes of at least 4 members (excludes halogenated alkanes) is 1. The van der Waals surface area contributed by atoms with Crippen molar-refractivity contribution in [3.63, 3.8) is 0 Å². The zero-order valence-electron chi connectivity index (χ0n) is 12.6. The highest BCUT2D eigenvalue weighted by Crippen LogP contribution is 2.25. The van der Waals surface area contributed by atoms with Crippen LogP contribution in [0.3, 0.4) is 0 Å². The molecule has 1 rings (SSSR count). The van der Waals surface area contributed by atoms with Crippen LogP contribution in [0.5, 0.6) is 0 Å². The molecule has 1 aromatic carbocycles. The van der Waals surface area contributed by atoms with Gasteiger partial charge in [0.05, 0.1) is 6.54 Å². The molecule has 3 heteroatoms. The number of hydrogen-bond acceptors (Lipinski definition) is 2. The molecule has 0 aliphatic rings. The minimum Gasteiger partial charge on any atom is -0.322 e. The van der Waals surface area contributed by atoms with Crippen LogP contribution in [-0.4, -0.2) is 19.0 Å². The molecule has 0 fully saturated rings. The monoisotopic (exact) mass is 262 g/mol. The standard InChI is InChI=1S/C16H26N2O/c1-5-6-11-18(15(19)12-17)14-9-7-13(8-10-14)16(2,3)4/h7-10H,5-6,11-12,17H2,1-4H3. The molecule has 0 saturated heterocycles. The summed E-state index contributed by atoms with van der Waals surface area (Å²) in [6.45, 7) is 9.46. The average Bonchev–Trinajstić information content (AvgIpc) is 2.38. The highest BCUT2D eigenvalue weighted by atomic mass is 16.2. The second kappa shape index (κ2) is 6.71. The molecule has 0 unspecified atom stereocenters. The van der Waals surface area contributed by atoms with Crippen LogP contribution in [0.25, 0.3) is 0 Å². The van der Waals surface area contributed by atoms with Crippen LogP contribution >= 0.6 is 0 Å². The summed E-state index contributed by atoms with van der Waals surface area (Å²) in [5, 5.41) is 0. The predicted molar refractivity (Wildman–Crippen MR) is 81.5 cm³/mol. The second-order valence-electron chi connectivity index (χ2n) is 5.90. The lowest BCUT2D eigenvalue weighted by Crippen LogP contribution is -2.36. The van der Waals surface area contributed by atoms with Gasteiger partial charge in [-0.1, -0.05) is 46.2 Å². The van der Waals surface area contributed by atoms with E-state index in [-0.39, 0.29) is 17.9 Å². The zero-order chi connectivity index (χ0) is 14.5. The Labute approximate surface area is 116 Å². The van der Waals surface area contributed by atoms with E-state index in [4.69, 9.17) is 5.73 Å². The van der Waals surface area contributed by atoms with Crippen LogP contribution in [-0.2, 0) is 10.2 Å². The fourth-order valence-electron chi connectivity index (χ4n) is 1.97.